The van der Waals surface area contributed by atoms with Crippen LogP contribution >= 0.6 is 0 Å². The SMILES string of the molecule is Cc1ccc(C(=O)Nc2ccc(C=Cc3ccc(NC(=O)c4ccc(C)c(C)c4)cc3)cc2)cc1C. The highest BCUT2D eigenvalue weighted by Crippen LogP contribution is 2.18. The first-order valence-electron chi connectivity index (χ1n) is 11.9. The van der Waals surface area contributed by atoms with Crippen molar-refractivity contribution in [2.45, 2.75) is 27.7 Å². The van der Waals surface area contributed by atoms with Crippen molar-refractivity contribution in [2.75, 3.05) is 10.6 Å². The van der Waals surface area contributed by atoms with E-state index in [4.69, 9.17) is 0 Å². The Kier molecular flexibility index (Phi) is 7.45. The minimum absolute atomic E-state index is 0.119. The molecule has 0 spiro atoms. The lowest BCUT2D eigenvalue weighted by Gasteiger charge is -2.08. The largest absolute Gasteiger partial charge is 0.322 e. The van der Waals surface area contributed by atoms with E-state index in [9.17, 15) is 9.59 Å². The van der Waals surface area contributed by atoms with Gasteiger partial charge in [0.05, 0.1) is 0 Å². The Hall–Kier alpha value is -4.44. The van der Waals surface area contributed by atoms with Crippen LogP contribution in [0.15, 0.2) is 84.9 Å². The molecular weight excluding hydrogens is 444 g/mol. The van der Waals surface area contributed by atoms with E-state index >= 15 is 0 Å². The Labute approximate surface area is 212 Å². The van der Waals surface area contributed by atoms with E-state index in [1.165, 1.54) is 11.1 Å². The average molecular weight is 475 g/mol. The molecule has 0 aromatic heterocycles. The van der Waals surface area contributed by atoms with E-state index < -0.39 is 0 Å². The molecule has 0 saturated carbocycles. The van der Waals surface area contributed by atoms with E-state index in [1.807, 2.05) is 125 Å². The quantitative estimate of drug-likeness (QED) is 0.283. The number of rotatable bonds is 6. The summed E-state index contributed by atoms with van der Waals surface area (Å²) in [7, 11) is 0. The van der Waals surface area contributed by atoms with Crippen LogP contribution in [0.3, 0.4) is 0 Å². The van der Waals surface area contributed by atoms with Gasteiger partial charge in [-0.2, -0.15) is 0 Å². The molecule has 4 aromatic carbocycles. The fourth-order valence-corrected chi connectivity index (χ4v) is 3.72. The Bertz CT molecular complexity index is 1320. The van der Waals surface area contributed by atoms with Gasteiger partial charge < -0.3 is 10.6 Å². The zero-order valence-corrected chi connectivity index (χ0v) is 21.1. The molecular formula is C32H30N2O2. The van der Waals surface area contributed by atoms with Crippen molar-refractivity contribution in [3.8, 4) is 0 Å². The summed E-state index contributed by atoms with van der Waals surface area (Å²) >= 11 is 0. The molecule has 0 bridgehead atoms. The van der Waals surface area contributed by atoms with Crippen LogP contribution in [-0.2, 0) is 0 Å². The van der Waals surface area contributed by atoms with Gasteiger partial charge in [-0.05, 0) is 110 Å². The lowest BCUT2D eigenvalue weighted by molar-refractivity contribution is 0.101. The summed E-state index contributed by atoms with van der Waals surface area (Å²) in [4.78, 5) is 25.1. The summed E-state index contributed by atoms with van der Waals surface area (Å²) in [5, 5.41) is 5.90. The van der Waals surface area contributed by atoms with Crippen molar-refractivity contribution >= 4 is 35.3 Å². The van der Waals surface area contributed by atoms with Gasteiger partial charge in [0.1, 0.15) is 0 Å². The standard InChI is InChI=1S/C32H30N2O2/c1-21-5-13-27(19-23(21)3)31(35)33-29-15-9-25(10-16-29)7-8-26-11-17-30(18-12-26)34-32(36)28-14-6-22(2)24(4)20-28/h5-20H,1-4H3,(H,33,35)(H,34,36). The number of aryl methyl sites for hydroxylation is 4. The topological polar surface area (TPSA) is 58.2 Å². The van der Waals surface area contributed by atoms with Crippen molar-refractivity contribution in [2.24, 2.45) is 0 Å². The zero-order valence-electron chi connectivity index (χ0n) is 21.1. The fraction of sp³-hybridized carbons (Fsp3) is 0.125. The minimum atomic E-state index is -0.119. The summed E-state index contributed by atoms with van der Waals surface area (Å²) in [5.41, 5.74) is 9.36. The normalized spacial score (nSPS) is 10.9. The molecule has 0 aliphatic heterocycles. The van der Waals surface area contributed by atoms with E-state index in [1.54, 1.807) is 0 Å². The first-order chi connectivity index (χ1) is 17.3. The second kappa shape index (κ2) is 10.9. The first kappa shape index (κ1) is 24.7. The predicted molar refractivity (Wildman–Crippen MR) is 150 cm³/mol. The third-order valence-electron chi connectivity index (χ3n) is 6.34. The number of carbonyl (C=O) groups is 2. The molecule has 0 unspecified atom stereocenters. The van der Waals surface area contributed by atoms with Crippen LogP contribution < -0.4 is 10.6 Å². The molecule has 4 nitrogen and oxygen atoms in total. The van der Waals surface area contributed by atoms with Crippen LogP contribution in [0.2, 0.25) is 0 Å². The molecule has 180 valence electrons. The van der Waals surface area contributed by atoms with Crippen molar-refractivity contribution in [3.63, 3.8) is 0 Å². The Morgan fingerprint density at radius 1 is 0.500 bits per heavy atom. The van der Waals surface area contributed by atoms with E-state index in [0.717, 1.165) is 33.6 Å². The number of carbonyl (C=O) groups excluding carboxylic acids is 2. The Morgan fingerprint density at radius 2 is 0.861 bits per heavy atom. The van der Waals surface area contributed by atoms with Gasteiger partial charge in [0.15, 0.2) is 0 Å². The Morgan fingerprint density at radius 3 is 1.19 bits per heavy atom. The number of benzene rings is 4. The summed E-state index contributed by atoms with van der Waals surface area (Å²) in [6.45, 7) is 8.07. The summed E-state index contributed by atoms with van der Waals surface area (Å²) < 4.78 is 0. The molecule has 36 heavy (non-hydrogen) atoms. The van der Waals surface area contributed by atoms with Crippen LogP contribution in [0, 0.1) is 27.7 Å². The highest BCUT2D eigenvalue weighted by atomic mass is 16.2. The number of hydrogen-bond donors (Lipinski definition) is 2. The maximum absolute atomic E-state index is 12.5. The molecule has 0 aliphatic rings. The first-order valence-corrected chi connectivity index (χ1v) is 11.9. The van der Waals surface area contributed by atoms with Crippen molar-refractivity contribution < 1.29 is 9.59 Å². The van der Waals surface area contributed by atoms with Gasteiger partial charge >= 0.3 is 0 Å². The van der Waals surface area contributed by atoms with E-state index in [-0.39, 0.29) is 11.8 Å². The van der Waals surface area contributed by atoms with E-state index in [0.29, 0.717) is 11.1 Å². The van der Waals surface area contributed by atoms with Gasteiger partial charge in [0.2, 0.25) is 0 Å². The lowest BCUT2D eigenvalue weighted by Crippen LogP contribution is -2.12. The molecule has 0 atom stereocenters. The lowest BCUT2D eigenvalue weighted by atomic mass is 10.1. The average Bonchev–Trinajstić information content (AvgIpc) is 2.87. The number of nitrogens with one attached hydrogen (secondary N) is 2. The third-order valence-corrected chi connectivity index (χ3v) is 6.34. The molecule has 4 rings (SSSR count). The molecule has 4 heteroatoms. The van der Waals surface area contributed by atoms with E-state index in [2.05, 4.69) is 10.6 Å². The Balaban J connectivity index is 1.34. The number of hydrogen-bond acceptors (Lipinski definition) is 2. The minimum Gasteiger partial charge on any atom is -0.322 e. The maximum atomic E-state index is 12.5. The van der Waals surface area contributed by atoms with Crippen molar-refractivity contribution in [1.82, 2.24) is 0 Å². The zero-order chi connectivity index (χ0) is 25.7. The summed E-state index contributed by atoms with van der Waals surface area (Å²) in [6, 6.07) is 26.8. The van der Waals surface area contributed by atoms with Crippen LogP contribution in [0.1, 0.15) is 54.1 Å². The number of anilines is 2. The van der Waals surface area contributed by atoms with Gasteiger partial charge in [-0.25, -0.2) is 0 Å². The fourth-order valence-electron chi connectivity index (χ4n) is 3.72. The van der Waals surface area contributed by atoms with Crippen molar-refractivity contribution in [3.05, 3.63) is 129 Å². The second-order valence-corrected chi connectivity index (χ2v) is 9.08. The molecule has 0 fully saturated rings. The van der Waals surface area contributed by atoms with Gasteiger partial charge in [-0.3, -0.25) is 9.59 Å². The van der Waals surface area contributed by atoms with Crippen LogP contribution in [0.4, 0.5) is 11.4 Å². The molecule has 4 aromatic rings. The highest BCUT2D eigenvalue weighted by molar-refractivity contribution is 6.05. The molecule has 0 heterocycles. The molecule has 0 aliphatic carbocycles. The molecule has 2 amide bonds. The molecule has 2 N–H and O–H groups in total. The monoisotopic (exact) mass is 474 g/mol. The summed E-state index contributed by atoms with van der Waals surface area (Å²) in [5.74, 6) is -0.239. The van der Waals surface area contributed by atoms with Crippen LogP contribution in [0.5, 0.6) is 0 Å². The van der Waals surface area contributed by atoms with Gasteiger partial charge in [-0.1, -0.05) is 48.6 Å². The van der Waals surface area contributed by atoms with Crippen molar-refractivity contribution in [1.29, 1.82) is 0 Å². The van der Waals surface area contributed by atoms with Gasteiger partial charge in [-0.15, -0.1) is 0 Å². The van der Waals surface area contributed by atoms with Crippen LogP contribution in [0.25, 0.3) is 12.2 Å². The smallest absolute Gasteiger partial charge is 0.255 e. The van der Waals surface area contributed by atoms with Gasteiger partial charge in [0.25, 0.3) is 11.8 Å². The predicted octanol–water partition coefficient (Wildman–Crippen LogP) is 7.60. The highest BCUT2D eigenvalue weighted by Gasteiger charge is 2.08. The molecule has 0 saturated heterocycles. The maximum Gasteiger partial charge on any atom is 0.255 e. The second-order valence-electron chi connectivity index (χ2n) is 9.08. The molecule has 0 radical (unpaired) electrons. The third kappa shape index (κ3) is 6.16. The van der Waals surface area contributed by atoms with Gasteiger partial charge in [0, 0.05) is 22.5 Å². The number of amides is 2. The summed E-state index contributed by atoms with van der Waals surface area (Å²) in [6.07, 6.45) is 4.02. The van der Waals surface area contributed by atoms with Crippen LogP contribution in [-0.4, -0.2) is 11.8 Å².